The maximum absolute atomic E-state index is 13.4. The van der Waals surface area contributed by atoms with Crippen molar-refractivity contribution < 1.29 is 32.5 Å². The van der Waals surface area contributed by atoms with E-state index in [1.807, 2.05) is 0 Å². The van der Waals surface area contributed by atoms with Gasteiger partial charge < -0.3 is 14.6 Å². The molecule has 7 heteroatoms. The van der Waals surface area contributed by atoms with E-state index in [1.165, 1.54) is 37.0 Å². The Balaban J connectivity index is 2.07. The molecule has 0 aromatic heterocycles. The molecule has 0 spiro atoms. The van der Waals surface area contributed by atoms with E-state index < -0.39 is 17.7 Å². The van der Waals surface area contributed by atoms with E-state index in [9.17, 15) is 18.0 Å². The number of rotatable bonds is 11. The summed E-state index contributed by atoms with van der Waals surface area (Å²) in [4.78, 5) is 10.7. The van der Waals surface area contributed by atoms with Gasteiger partial charge in [-0.05, 0) is 49.0 Å². The van der Waals surface area contributed by atoms with Crippen LogP contribution in [0.3, 0.4) is 0 Å². The summed E-state index contributed by atoms with van der Waals surface area (Å²) in [5.74, 6) is -1.01. The Kier molecular flexibility index (Phi) is 9.01. The fraction of sp³-hybridized carbons (Fsp3) is 0.591. The molecule has 162 valence electrons. The molecule has 1 aliphatic rings. The predicted molar refractivity (Wildman–Crippen MR) is 104 cm³/mol. The number of hydrogen-bond acceptors (Lipinski definition) is 3. The van der Waals surface area contributed by atoms with Gasteiger partial charge >= 0.3 is 12.1 Å². The van der Waals surface area contributed by atoms with Crippen LogP contribution >= 0.6 is 0 Å². The molecule has 1 aromatic carbocycles. The molecule has 0 bridgehead atoms. The molecule has 1 aliphatic heterocycles. The third-order valence-electron chi connectivity index (χ3n) is 5.06. The smallest absolute Gasteiger partial charge is 0.416 e. The lowest BCUT2D eigenvalue weighted by molar-refractivity contribution is -0.140. The number of halogens is 3. The minimum absolute atomic E-state index is 0.0379. The standard InChI is InChI=1S/C22H29F3O4/c1-2-3-4-5-6-16-11-12-28-14-18(16)15-29-19-9-7-17(8-10-21(26)27)20(13-19)22(23,24)25/h7,9,13H,2-6,8,10-12,14-15H2,1H3,(H,26,27). The number of hydrogen-bond donors (Lipinski definition) is 1. The highest BCUT2D eigenvalue weighted by molar-refractivity contribution is 5.67. The second-order valence-corrected chi connectivity index (χ2v) is 7.32. The maximum atomic E-state index is 13.4. The van der Waals surface area contributed by atoms with Crippen LogP contribution in [-0.4, -0.2) is 30.9 Å². The summed E-state index contributed by atoms with van der Waals surface area (Å²) in [5.41, 5.74) is 1.42. The van der Waals surface area contributed by atoms with Gasteiger partial charge in [-0.3, -0.25) is 4.79 Å². The van der Waals surface area contributed by atoms with Crippen LogP contribution in [0.15, 0.2) is 29.3 Å². The van der Waals surface area contributed by atoms with Crippen LogP contribution in [0.2, 0.25) is 0 Å². The zero-order chi connectivity index (χ0) is 21.3. The van der Waals surface area contributed by atoms with Gasteiger partial charge in [0, 0.05) is 6.42 Å². The van der Waals surface area contributed by atoms with Crippen molar-refractivity contribution in [1.82, 2.24) is 0 Å². The number of carbonyl (C=O) groups is 1. The fourth-order valence-corrected chi connectivity index (χ4v) is 3.42. The molecule has 0 fully saturated rings. The minimum Gasteiger partial charge on any atom is -0.489 e. The Labute approximate surface area is 169 Å². The number of benzene rings is 1. The lowest BCUT2D eigenvalue weighted by atomic mass is 9.97. The van der Waals surface area contributed by atoms with E-state index >= 15 is 0 Å². The van der Waals surface area contributed by atoms with Crippen molar-refractivity contribution in [3.05, 3.63) is 40.5 Å². The van der Waals surface area contributed by atoms with Gasteiger partial charge in [0.1, 0.15) is 12.4 Å². The largest absolute Gasteiger partial charge is 0.489 e. The van der Waals surface area contributed by atoms with Crippen LogP contribution in [0, 0.1) is 0 Å². The Bertz CT molecular complexity index is 710. The number of aryl methyl sites for hydroxylation is 1. The van der Waals surface area contributed by atoms with Crippen molar-refractivity contribution in [1.29, 1.82) is 0 Å². The summed E-state index contributed by atoms with van der Waals surface area (Å²) in [6.07, 6.45) is 1.36. The van der Waals surface area contributed by atoms with Crippen LogP contribution in [-0.2, 0) is 22.1 Å². The monoisotopic (exact) mass is 414 g/mol. The normalized spacial score (nSPS) is 14.9. The second-order valence-electron chi connectivity index (χ2n) is 7.32. The van der Waals surface area contributed by atoms with Crippen LogP contribution in [0.25, 0.3) is 0 Å². The molecule has 1 N–H and O–H groups in total. The van der Waals surface area contributed by atoms with Gasteiger partial charge in [-0.2, -0.15) is 13.2 Å². The zero-order valence-corrected chi connectivity index (χ0v) is 16.8. The van der Waals surface area contributed by atoms with Gasteiger partial charge in [-0.1, -0.05) is 37.8 Å². The molecule has 0 aliphatic carbocycles. The third kappa shape index (κ3) is 7.72. The van der Waals surface area contributed by atoms with E-state index in [1.54, 1.807) is 0 Å². The summed E-state index contributed by atoms with van der Waals surface area (Å²) in [5, 5.41) is 8.74. The van der Waals surface area contributed by atoms with Gasteiger partial charge in [0.05, 0.1) is 18.8 Å². The van der Waals surface area contributed by atoms with Gasteiger partial charge in [0.25, 0.3) is 0 Å². The topological polar surface area (TPSA) is 55.8 Å². The van der Waals surface area contributed by atoms with Crippen LogP contribution < -0.4 is 4.74 Å². The molecular formula is C22H29F3O4. The van der Waals surface area contributed by atoms with E-state index in [2.05, 4.69) is 6.92 Å². The number of aliphatic carboxylic acids is 1. The molecule has 0 unspecified atom stereocenters. The summed E-state index contributed by atoms with van der Waals surface area (Å²) in [7, 11) is 0. The van der Waals surface area contributed by atoms with Crippen molar-refractivity contribution in [2.75, 3.05) is 19.8 Å². The molecule has 4 nitrogen and oxygen atoms in total. The quantitative estimate of drug-likeness (QED) is 0.368. The minimum atomic E-state index is -4.56. The first kappa shape index (κ1) is 23.3. The Hall–Kier alpha value is -2.02. The highest BCUT2D eigenvalue weighted by Gasteiger charge is 2.33. The van der Waals surface area contributed by atoms with Gasteiger partial charge in [-0.15, -0.1) is 0 Å². The highest BCUT2D eigenvalue weighted by atomic mass is 19.4. The molecule has 2 rings (SSSR count). The Morgan fingerprint density at radius 3 is 2.66 bits per heavy atom. The fourth-order valence-electron chi connectivity index (χ4n) is 3.42. The number of ether oxygens (including phenoxy) is 2. The van der Waals surface area contributed by atoms with E-state index in [-0.39, 0.29) is 30.8 Å². The van der Waals surface area contributed by atoms with E-state index in [0.717, 1.165) is 30.9 Å². The Morgan fingerprint density at radius 1 is 1.17 bits per heavy atom. The number of alkyl halides is 3. The predicted octanol–water partition coefficient (Wildman–Crippen LogP) is 5.79. The summed E-state index contributed by atoms with van der Waals surface area (Å²) >= 11 is 0. The maximum Gasteiger partial charge on any atom is 0.416 e. The number of carboxylic acids is 1. The molecule has 0 radical (unpaired) electrons. The second kappa shape index (κ2) is 11.2. The lowest BCUT2D eigenvalue weighted by Crippen LogP contribution is -2.17. The van der Waals surface area contributed by atoms with Crippen LogP contribution in [0.5, 0.6) is 5.75 Å². The first-order chi connectivity index (χ1) is 13.8. The molecular weight excluding hydrogens is 385 g/mol. The first-order valence-electron chi connectivity index (χ1n) is 10.1. The van der Waals surface area contributed by atoms with Crippen LogP contribution in [0.4, 0.5) is 13.2 Å². The molecule has 0 atom stereocenters. The van der Waals surface area contributed by atoms with E-state index in [4.69, 9.17) is 14.6 Å². The summed E-state index contributed by atoms with van der Waals surface area (Å²) in [6, 6.07) is 3.73. The Morgan fingerprint density at radius 2 is 1.97 bits per heavy atom. The van der Waals surface area contributed by atoms with Crippen molar-refractivity contribution in [2.24, 2.45) is 0 Å². The molecule has 0 saturated heterocycles. The third-order valence-corrected chi connectivity index (χ3v) is 5.06. The van der Waals surface area contributed by atoms with Gasteiger partial charge in [-0.25, -0.2) is 0 Å². The van der Waals surface area contributed by atoms with Crippen molar-refractivity contribution in [3.8, 4) is 5.75 Å². The number of unbranched alkanes of at least 4 members (excludes halogenated alkanes) is 3. The van der Waals surface area contributed by atoms with Crippen LogP contribution in [0.1, 0.15) is 63.0 Å². The molecule has 29 heavy (non-hydrogen) atoms. The average Bonchev–Trinajstić information content (AvgIpc) is 2.68. The van der Waals surface area contributed by atoms with Crippen molar-refractivity contribution in [2.45, 2.75) is 64.5 Å². The molecule has 0 saturated carbocycles. The molecule has 1 heterocycles. The summed E-state index contributed by atoms with van der Waals surface area (Å²) in [6.45, 7) is 3.49. The number of carboxylic acid groups (broad SMARTS) is 1. The summed E-state index contributed by atoms with van der Waals surface area (Å²) < 4.78 is 51.3. The van der Waals surface area contributed by atoms with E-state index in [0.29, 0.717) is 13.2 Å². The molecule has 1 aromatic rings. The SMILES string of the molecule is CCCCCCC1=C(COc2ccc(CCC(=O)O)c(C(F)(F)F)c2)COCC1. The molecule has 0 amide bonds. The average molecular weight is 414 g/mol. The lowest BCUT2D eigenvalue weighted by Gasteiger charge is -2.22. The zero-order valence-electron chi connectivity index (χ0n) is 16.8. The first-order valence-corrected chi connectivity index (χ1v) is 10.1. The van der Waals surface area contributed by atoms with Crippen molar-refractivity contribution >= 4 is 5.97 Å². The van der Waals surface area contributed by atoms with Gasteiger partial charge in [0.15, 0.2) is 0 Å². The van der Waals surface area contributed by atoms with Gasteiger partial charge in [0.2, 0.25) is 0 Å². The highest BCUT2D eigenvalue weighted by Crippen LogP contribution is 2.35. The van der Waals surface area contributed by atoms with Crippen molar-refractivity contribution in [3.63, 3.8) is 0 Å².